The molecule has 1 amide bonds. The summed E-state index contributed by atoms with van der Waals surface area (Å²) in [4.78, 5) is 16.2. The molecule has 2 rings (SSSR count). The van der Waals surface area contributed by atoms with Gasteiger partial charge in [-0.15, -0.1) is 0 Å². The van der Waals surface area contributed by atoms with E-state index in [-0.39, 0.29) is 11.1 Å². The van der Waals surface area contributed by atoms with Gasteiger partial charge >= 0.3 is 0 Å². The summed E-state index contributed by atoms with van der Waals surface area (Å²) in [5.74, 6) is 1.10. The van der Waals surface area contributed by atoms with Crippen LogP contribution in [0.25, 0.3) is 0 Å². The van der Waals surface area contributed by atoms with Gasteiger partial charge in [0.1, 0.15) is 4.88 Å². The fourth-order valence-electron chi connectivity index (χ4n) is 2.46. The maximum atomic E-state index is 11.9. The van der Waals surface area contributed by atoms with Gasteiger partial charge in [-0.05, 0) is 18.3 Å². The highest BCUT2D eigenvalue weighted by Gasteiger charge is 2.23. The summed E-state index contributed by atoms with van der Waals surface area (Å²) in [6, 6.07) is 0. The van der Waals surface area contributed by atoms with Crippen LogP contribution in [0, 0.1) is 11.8 Å². The van der Waals surface area contributed by atoms with Gasteiger partial charge in [0.2, 0.25) is 0 Å². The van der Waals surface area contributed by atoms with E-state index in [1.807, 2.05) is 0 Å². The van der Waals surface area contributed by atoms with Crippen LogP contribution in [0.1, 0.15) is 42.3 Å². The second-order valence-electron chi connectivity index (χ2n) is 4.90. The number of halogens is 1. The molecule has 0 aromatic carbocycles. The third kappa shape index (κ3) is 3.14. The summed E-state index contributed by atoms with van der Waals surface area (Å²) >= 11 is 6.98. The van der Waals surface area contributed by atoms with Crippen molar-refractivity contribution in [2.75, 3.05) is 12.3 Å². The topological polar surface area (TPSA) is 68.0 Å². The van der Waals surface area contributed by atoms with Gasteiger partial charge in [0.05, 0.1) is 0 Å². The predicted molar refractivity (Wildman–Crippen MR) is 75.0 cm³/mol. The van der Waals surface area contributed by atoms with Crippen LogP contribution in [0.4, 0.5) is 5.13 Å². The van der Waals surface area contributed by atoms with Gasteiger partial charge in [0.25, 0.3) is 5.91 Å². The van der Waals surface area contributed by atoms with Gasteiger partial charge in [-0.2, -0.15) is 0 Å². The number of nitrogens with zero attached hydrogens (tertiary/aromatic N) is 1. The summed E-state index contributed by atoms with van der Waals surface area (Å²) in [5, 5.41) is 3.48. The van der Waals surface area contributed by atoms with Crippen LogP contribution in [0.3, 0.4) is 0 Å². The lowest BCUT2D eigenvalue weighted by Crippen LogP contribution is -2.33. The van der Waals surface area contributed by atoms with Crippen molar-refractivity contribution in [1.29, 1.82) is 0 Å². The van der Waals surface area contributed by atoms with Gasteiger partial charge in [-0.1, -0.05) is 49.1 Å². The molecular weight excluding hydrogens is 270 g/mol. The monoisotopic (exact) mass is 287 g/mol. The maximum absolute atomic E-state index is 11.9. The number of nitrogens with two attached hydrogens (primary N) is 1. The molecule has 2 atom stereocenters. The Morgan fingerprint density at radius 1 is 1.56 bits per heavy atom. The molecule has 2 unspecified atom stereocenters. The molecule has 0 saturated heterocycles. The Bertz CT molecular complexity index is 435. The first-order chi connectivity index (χ1) is 8.58. The van der Waals surface area contributed by atoms with Crippen LogP contribution in [0.2, 0.25) is 5.15 Å². The maximum Gasteiger partial charge on any atom is 0.264 e. The first-order valence-electron chi connectivity index (χ1n) is 6.28. The lowest BCUT2D eigenvalue weighted by atomic mass is 9.80. The van der Waals surface area contributed by atoms with Crippen molar-refractivity contribution < 1.29 is 4.79 Å². The Labute approximate surface area is 116 Å². The summed E-state index contributed by atoms with van der Waals surface area (Å²) in [6.45, 7) is 2.97. The molecule has 1 aliphatic carbocycles. The molecule has 6 heteroatoms. The van der Waals surface area contributed by atoms with E-state index < -0.39 is 0 Å². The molecule has 1 saturated carbocycles. The second kappa shape index (κ2) is 5.89. The Balaban J connectivity index is 1.90. The molecule has 1 aromatic rings. The number of amides is 1. The molecule has 1 aliphatic rings. The number of hydrogen-bond acceptors (Lipinski definition) is 4. The van der Waals surface area contributed by atoms with Crippen molar-refractivity contribution in [2.45, 2.75) is 32.6 Å². The van der Waals surface area contributed by atoms with Gasteiger partial charge in [0.15, 0.2) is 10.3 Å². The summed E-state index contributed by atoms with van der Waals surface area (Å²) in [7, 11) is 0. The lowest BCUT2D eigenvalue weighted by Gasteiger charge is -2.28. The van der Waals surface area contributed by atoms with E-state index >= 15 is 0 Å². The van der Waals surface area contributed by atoms with E-state index in [1.165, 1.54) is 25.7 Å². The Morgan fingerprint density at radius 3 is 2.89 bits per heavy atom. The first kappa shape index (κ1) is 13.6. The predicted octanol–water partition coefficient (Wildman–Crippen LogP) is 2.93. The highest BCUT2D eigenvalue weighted by atomic mass is 35.5. The van der Waals surface area contributed by atoms with Crippen LogP contribution in [-0.2, 0) is 0 Å². The highest BCUT2D eigenvalue weighted by molar-refractivity contribution is 7.17. The number of nitrogen functional groups attached to an aromatic ring is 1. The van der Waals surface area contributed by atoms with Crippen molar-refractivity contribution in [3.63, 3.8) is 0 Å². The van der Waals surface area contributed by atoms with Crippen molar-refractivity contribution in [1.82, 2.24) is 10.3 Å². The molecule has 100 valence electrons. The van der Waals surface area contributed by atoms with Gasteiger partial charge in [0, 0.05) is 6.54 Å². The number of anilines is 1. The van der Waals surface area contributed by atoms with Crippen LogP contribution in [0.15, 0.2) is 0 Å². The minimum Gasteiger partial charge on any atom is -0.375 e. The van der Waals surface area contributed by atoms with Crippen molar-refractivity contribution in [2.24, 2.45) is 11.8 Å². The lowest BCUT2D eigenvalue weighted by molar-refractivity contribution is 0.0940. The van der Waals surface area contributed by atoms with Crippen molar-refractivity contribution >= 4 is 34.0 Å². The van der Waals surface area contributed by atoms with Gasteiger partial charge in [-0.3, -0.25) is 4.79 Å². The number of carbonyl (C=O) groups excluding carboxylic acids is 1. The molecule has 1 fully saturated rings. The molecule has 1 aromatic heterocycles. The molecule has 4 nitrogen and oxygen atoms in total. The van der Waals surface area contributed by atoms with E-state index in [4.69, 9.17) is 17.3 Å². The smallest absolute Gasteiger partial charge is 0.264 e. The molecule has 1 heterocycles. The molecule has 18 heavy (non-hydrogen) atoms. The zero-order valence-corrected chi connectivity index (χ0v) is 12.0. The molecule has 0 aliphatic heterocycles. The number of aromatic nitrogens is 1. The Kier molecular flexibility index (Phi) is 4.45. The summed E-state index contributed by atoms with van der Waals surface area (Å²) in [5.41, 5.74) is 5.52. The van der Waals surface area contributed by atoms with Crippen LogP contribution in [0.5, 0.6) is 0 Å². The SMILES string of the molecule is CC1CCCCC1CNC(=O)c1sc(N)nc1Cl. The average molecular weight is 288 g/mol. The number of nitrogens with one attached hydrogen (secondary N) is 1. The highest BCUT2D eigenvalue weighted by Crippen LogP contribution is 2.29. The summed E-state index contributed by atoms with van der Waals surface area (Å²) in [6.07, 6.45) is 5.02. The fraction of sp³-hybridized carbons (Fsp3) is 0.667. The van der Waals surface area contributed by atoms with Gasteiger partial charge < -0.3 is 11.1 Å². The van der Waals surface area contributed by atoms with E-state index in [2.05, 4.69) is 17.2 Å². The summed E-state index contributed by atoms with van der Waals surface area (Å²) < 4.78 is 0. The van der Waals surface area contributed by atoms with Crippen LogP contribution >= 0.6 is 22.9 Å². The van der Waals surface area contributed by atoms with E-state index in [9.17, 15) is 4.79 Å². The average Bonchev–Trinajstić information content (AvgIpc) is 2.67. The molecule has 0 radical (unpaired) electrons. The van der Waals surface area contributed by atoms with E-state index in [0.29, 0.717) is 28.4 Å². The quantitative estimate of drug-likeness (QED) is 0.898. The fourth-order valence-corrected chi connectivity index (χ4v) is 3.44. The van der Waals surface area contributed by atoms with Crippen LogP contribution in [-0.4, -0.2) is 17.4 Å². The number of thiazole rings is 1. The number of carbonyl (C=O) groups is 1. The molecular formula is C12H18ClN3OS. The third-order valence-corrected chi connectivity index (χ3v) is 4.89. The zero-order valence-electron chi connectivity index (χ0n) is 10.4. The standard InChI is InChI=1S/C12H18ClN3OS/c1-7-4-2-3-5-8(7)6-15-11(17)9-10(13)16-12(14)18-9/h7-8H,2-6H2,1H3,(H2,14,16)(H,15,17). The minimum atomic E-state index is -0.160. The molecule has 0 spiro atoms. The number of hydrogen-bond donors (Lipinski definition) is 2. The third-order valence-electron chi connectivity index (χ3n) is 3.62. The van der Waals surface area contributed by atoms with Crippen molar-refractivity contribution in [3.05, 3.63) is 10.0 Å². The largest absolute Gasteiger partial charge is 0.375 e. The van der Waals surface area contributed by atoms with E-state index in [0.717, 1.165) is 11.3 Å². The zero-order chi connectivity index (χ0) is 13.1. The van der Waals surface area contributed by atoms with E-state index in [1.54, 1.807) is 0 Å². The second-order valence-corrected chi connectivity index (χ2v) is 6.29. The first-order valence-corrected chi connectivity index (χ1v) is 7.47. The Hall–Kier alpha value is -0.810. The normalized spacial score (nSPS) is 23.9. The number of rotatable bonds is 3. The molecule has 0 bridgehead atoms. The van der Waals surface area contributed by atoms with Gasteiger partial charge in [-0.25, -0.2) is 4.98 Å². The molecule has 3 N–H and O–H groups in total. The van der Waals surface area contributed by atoms with Crippen molar-refractivity contribution in [3.8, 4) is 0 Å². The Morgan fingerprint density at radius 2 is 2.28 bits per heavy atom. The minimum absolute atomic E-state index is 0.160. The van der Waals surface area contributed by atoms with Crippen LogP contribution < -0.4 is 11.1 Å².